The summed E-state index contributed by atoms with van der Waals surface area (Å²) in [5.74, 6) is 0.856. The van der Waals surface area contributed by atoms with Crippen LogP contribution in [-0.4, -0.2) is 25.1 Å². The van der Waals surface area contributed by atoms with Crippen molar-refractivity contribution >= 4 is 23.3 Å². The van der Waals surface area contributed by atoms with Crippen molar-refractivity contribution in [1.82, 2.24) is 0 Å². The first-order valence-electron chi connectivity index (χ1n) is 7.58. The lowest BCUT2D eigenvalue weighted by molar-refractivity contribution is -0.150. The van der Waals surface area contributed by atoms with Crippen LogP contribution in [0.15, 0.2) is 47.6 Å². The highest BCUT2D eigenvalue weighted by atomic mass is 35.5. The highest BCUT2D eigenvalue weighted by Crippen LogP contribution is 2.32. The van der Waals surface area contributed by atoms with Gasteiger partial charge in [-0.1, -0.05) is 28.9 Å². The Balaban J connectivity index is 1.47. The van der Waals surface area contributed by atoms with Gasteiger partial charge in [-0.2, -0.15) is 0 Å². The van der Waals surface area contributed by atoms with Crippen LogP contribution < -0.4 is 9.47 Å². The van der Waals surface area contributed by atoms with Crippen molar-refractivity contribution in [3.05, 3.63) is 58.6 Å². The molecule has 7 heteroatoms. The van der Waals surface area contributed by atoms with Crippen LogP contribution in [0.5, 0.6) is 11.5 Å². The first kappa shape index (κ1) is 17.1. The molecule has 2 aromatic carbocycles. The van der Waals surface area contributed by atoms with E-state index in [2.05, 4.69) is 5.16 Å². The molecule has 0 unspecified atom stereocenters. The molecule has 0 aromatic heterocycles. The van der Waals surface area contributed by atoms with Crippen LogP contribution in [0, 0.1) is 0 Å². The topological polar surface area (TPSA) is 66.4 Å². The molecule has 130 valence electrons. The van der Waals surface area contributed by atoms with Crippen molar-refractivity contribution in [3.8, 4) is 11.5 Å². The lowest BCUT2D eigenvalue weighted by Gasteiger charge is -2.05. The predicted molar refractivity (Wildman–Crippen MR) is 92.0 cm³/mol. The summed E-state index contributed by atoms with van der Waals surface area (Å²) in [7, 11) is 0. The van der Waals surface area contributed by atoms with Crippen molar-refractivity contribution in [2.75, 3.05) is 13.4 Å². The van der Waals surface area contributed by atoms with Gasteiger partial charge >= 0.3 is 5.97 Å². The number of halogens is 1. The van der Waals surface area contributed by atoms with E-state index in [0.29, 0.717) is 22.2 Å². The Labute approximate surface area is 149 Å². The molecule has 25 heavy (non-hydrogen) atoms. The Kier molecular flexibility index (Phi) is 5.40. The molecule has 2 aromatic rings. The van der Waals surface area contributed by atoms with Crippen LogP contribution in [0.3, 0.4) is 0 Å². The van der Waals surface area contributed by atoms with Gasteiger partial charge in [0.1, 0.15) is 6.61 Å². The van der Waals surface area contributed by atoms with Crippen LogP contribution in [0.1, 0.15) is 18.1 Å². The lowest BCUT2D eigenvalue weighted by Crippen LogP contribution is -2.11. The van der Waals surface area contributed by atoms with Crippen LogP contribution in [0.4, 0.5) is 0 Å². The number of benzene rings is 2. The first-order valence-corrected chi connectivity index (χ1v) is 7.96. The van der Waals surface area contributed by atoms with E-state index in [1.165, 1.54) is 0 Å². The molecule has 0 fully saturated rings. The molecular formula is C18H16ClNO5. The van der Waals surface area contributed by atoms with E-state index in [0.717, 1.165) is 11.1 Å². The molecule has 0 amide bonds. The maximum atomic E-state index is 11.7. The standard InChI is InChI=1S/C18H16ClNO5/c1-12(14-4-7-16-17(8-14)24-11-23-16)20-25-10-18(21)22-9-13-2-5-15(19)6-3-13/h2-8H,9-11H2,1H3/b20-12-. The fraction of sp³-hybridized carbons (Fsp3) is 0.222. The van der Waals surface area contributed by atoms with Gasteiger partial charge in [0.25, 0.3) is 0 Å². The number of hydrogen-bond acceptors (Lipinski definition) is 6. The zero-order valence-electron chi connectivity index (χ0n) is 13.5. The minimum atomic E-state index is -0.503. The molecule has 0 saturated carbocycles. The van der Waals surface area contributed by atoms with Gasteiger partial charge in [-0.05, 0) is 42.8 Å². The third kappa shape index (κ3) is 4.64. The monoisotopic (exact) mass is 361 g/mol. The Morgan fingerprint density at radius 3 is 2.72 bits per heavy atom. The van der Waals surface area contributed by atoms with Crippen molar-refractivity contribution < 1.29 is 23.8 Å². The minimum Gasteiger partial charge on any atom is -0.458 e. The molecule has 1 aliphatic heterocycles. The van der Waals surface area contributed by atoms with Crippen LogP contribution >= 0.6 is 11.6 Å². The normalized spacial score (nSPS) is 12.8. The fourth-order valence-corrected chi connectivity index (χ4v) is 2.27. The lowest BCUT2D eigenvalue weighted by atomic mass is 10.1. The highest BCUT2D eigenvalue weighted by molar-refractivity contribution is 6.30. The summed E-state index contributed by atoms with van der Waals surface area (Å²) >= 11 is 5.80. The van der Waals surface area contributed by atoms with E-state index in [9.17, 15) is 4.79 Å². The maximum absolute atomic E-state index is 11.7. The quantitative estimate of drug-likeness (QED) is 0.447. The molecule has 0 radical (unpaired) electrons. The zero-order chi connectivity index (χ0) is 17.6. The van der Waals surface area contributed by atoms with E-state index < -0.39 is 5.97 Å². The Bertz CT molecular complexity index is 789. The number of fused-ring (bicyclic) bond motifs is 1. The number of nitrogens with zero attached hydrogens (tertiary/aromatic N) is 1. The number of rotatable bonds is 6. The van der Waals surface area contributed by atoms with E-state index in [1.807, 2.05) is 12.1 Å². The molecule has 1 heterocycles. The van der Waals surface area contributed by atoms with Crippen LogP contribution in [0.2, 0.25) is 5.02 Å². The van der Waals surface area contributed by atoms with E-state index in [1.54, 1.807) is 37.3 Å². The maximum Gasteiger partial charge on any atom is 0.347 e. The van der Waals surface area contributed by atoms with Gasteiger partial charge in [-0.3, -0.25) is 0 Å². The summed E-state index contributed by atoms with van der Waals surface area (Å²) in [6.07, 6.45) is 0. The summed E-state index contributed by atoms with van der Waals surface area (Å²) in [4.78, 5) is 16.7. The van der Waals surface area contributed by atoms with Gasteiger partial charge < -0.3 is 19.0 Å². The Morgan fingerprint density at radius 2 is 1.92 bits per heavy atom. The number of hydrogen-bond donors (Lipinski definition) is 0. The van der Waals surface area contributed by atoms with E-state index in [-0.39, 0.29) is 20.0 Å². The third-order valence-corrected chi connectivity index (χ3v) is 3.74. The van der Waals surface area contributed by atoms with Crippen molar-refractivity contribution in [2.45, 2.75) is 13.5 Å². The van der Waals surface area contributed by atoms with Gasteiger partial charge in [-0.25, -0.2) is 4.79 Å². The second-order valence-electron chi connectivity index (χ2n) is 5.31. The second-order valence-corrected chi connectivity index (χ2v) is 5.74. The number of esters is 1. The largest absolute Gasteiger partial charge is 0.458 e. The van der Waals surface area contributed by atoms with E-state index >= 15 is 0 Å². The number of carbonyl (C=O) groups is 1. The van der Waals surface area contributed by atoms with Gasteiger partial charge in [0, 0.05) is 10.6 Å². The van der Waals surface area contributed by atoms with Gasteiger partial charge in [-0.15, -0.1) is 0 Å². The Morgan fingerprint density at radius 1 is 1.16 bits per heavy atom. The van der Waals surface area contributed by atoms with Crippen molar-refractivity contribution in [3.63, 3.8) is 0 Å². The van der Waals surface area contributed by atoms with Crippen molar-refractivity contribution in [2.24, 2.45) is 5.16 Å². The van der Waals surface area contributed by atoms with Gasteiger partial charge in [0.2, 0.25) is 13.4 Å². The Hall–Kier alpha value is -2.73. The van der Waals surface area contributed by atoms with Crippen molar-refractivity contribution in [1.29, 1.82) is 0 Å². The SMILES string of the molecule is C/C(=N/OCC(=O)OCc1ccc(Cl)cc1)c1ccc2c(c1)OCO2. The zero-order valence-corrected chi connectivity index (χ0v) is 14.3. The molecular weight excluding hydrogens is 346 g/mol. The van der Waals surface area contributed by atoms with Crippen LogP contribution in [0.25, 0.3) is 0 Å². The fourth-order valence-electron chi connectivity index (χ4n) is 2.14. The average Bonchev–Trinajstić information content (AvgIpc) is 3.09. The van der Waals surface area contributed by atoms with Gasteiger partial charge in [0.15, 0.2) is 11.5 Å². The molecule has 0 N–H and O–H groups in total. The average molecular weight is 362 g/mol. The molecule has 0 saturated heterocycles. The molecule has 0 spiro atoms. The summed E-state index contributed by atoms with van der Waals surface area (Å²) in [6.45, 7) is 1.88. The first-order chi connectivity index (χ1) is 12.1. The highest BCUT2D eigenvalue weighted by Gasteiger charge is 2.14. The molecule has 3 rings (SSSR count). The summed E-state index contributed by atoms with van der Waals surface area (Å²) in [5.41, 5.74) is 2.28. The number of carbonyl (C=O) groups excluding carboxylic acids is 1. The third-order valence-electron chi connectivity index (χ3n) is 3.49. The molecule has 0 aliphatic carbocycles. The summed E-state index contributed by atoms with van der Waals surface area (Å²) in [5, 5.41) is 4.56. The van der Waals surface area contributed by atoms with E-state index in [4.69, 9.17) is 30.6 Å². The van der Waals surface area contributed by atoms with Gasteiger partial charge in [0.05, 0.1) is 5.71 Å². The number of oxime groups is 1. The van der Waals surface area contributed by atoms with Crippen LogP contribution in [-0.2, 0) is 21.0 Å². The molecule has 1 aliphatic rings. The molecule has 6 nitrogen and oxygen atoms in total. The molecule has 0 atom stereocenters. The number of ether oxygens (including phenoxy) is 3. The summed E-state index contributed by atoms with van der Waals surface area (Å²) in [6, 6.07) is 12.5. The second kappa shape index (κ2) is 7.90. The minimum absolute atomic E-state index is 0.157. The smallest absolute Gasteiger partial charge is 0.347 e. The molecule has 0 bridgehead atoms. The summed E-state index contributed by atoms with van der Waals surface area (Å²) < 4.78 is 15.7. The predicted octanol–water partition coefficient (Wildman–Crippen LogP) is 3.55.